The molecular formula is C61H75F2N5O3Si2. The maximum atomic E-state index is 18.1. The van der Waals surface area contributed by atoms with Gasteiger partial charge in [0.05, 0.1) is 24.8 Å². The Morgan fingerprint density at radius 3 is 2.04 bits per heavy atom. The van der Waals surface area contributed by atoms with Crippen LogP contribution in [-0.2, 0) is 4.43 Å². The van der Waals surface area contributed by atoms with Crippen molar-refractivity contribution < 1.29 is 22.7 Å². The lowest BCUT2D eigenvalue weighted by atomic mass is 9.95. The quantitative estimate of drug-likeness (QED) is 0.0789. The fraction of sp³-hybridized carbons (Fsp3) is 0.492. The monoisotopic (exact) mass is 1020 g/mol. The molecule has 5 heterocycles. The molecule has 4 aliphatic rings. The number of anilines is 1. The summed E-state index contributed by atoms with van der Waals surface area (Å²) < 4.78 is 55.1. The molecule has 384 valence electrons. The molecule has 0 amide bonds. The van der Waals surface area contributed by atoms with E-state index in [0.29, 0.717) is 63.8 Å². The first-order chi connectivity index (χ1) is 35.0. The average molecular weight is 1020 g/mol. The molecule has 8 nitrogen and oxygen atoms in total. The second-order valence-corrected chi connectivity index (χ2v) is 33.6. The number of fused-ring (bicyclic) bond motifs is 5. The molecule has 4 fully saturated rings. The fourth-order valence-corrected chi connectivity index (χ4v) is 24.2. The van der Waals surface area contributed by atoms with Crippen molar-refractivity contribution in [2.75, 3.05) is 44.9 Å². The van der Waals surface area contributed by atoms with Crippen LogP contribution in [0.1, 0.15) is 113 Å². The summed E-state index contributed by atoms with van der Waals surface area (Å²) in [7, 11) is -3.46. The molecule has 4 aromatic carbocycles. The first-order valence-corrected chi connectivity index (χ1v) is 31.2. The third-order valence-electron chi connectivity index (χ3n) is 17.7. The summed E-state index contributed by atoms with van der Waals surface area (Å²) in [5.74, 6) is 4.19. The van der Waals surface area contributed by atoms with Crippen LogP contribution >= 0.6 is 0 Å². The molecular weight excluding hydrogens is 945 g/mol. The lowest BCUT2D eigenvalue weighted by Crippen LogP contribution is -2.67. The molecule has 12 heteroatoms. The minimum Gasteiger partial charge on any atom is -0.480 e. The van der Waals surface area contributed by atoms with Crippen molar-refractivity contribution in [3.63, 3.8) is 0 Å². The Labute approximate surface area is 434 Å². The molecule has 2 bridgehead atoms. The van der Waals surface area contributed by atoms with E-state index in [1.807, 2.05) is 18.2 Å². The number of methoxy groups -OCH3 is 1. The molecule has 0 spiro atoms. The predicted molar refractivity (Wildman–Crippen MR) is 298 cm³/mol. The van der Waals surface area contributed by atoms with E-state index in [1.165, 1.54) is 35.7 Å². The number of halogens is 2. The van der Waals surface area contributed by atoms with Crippen LogP contribution < -0.4 is 24.7 Å². The Morgan fingerprint density at radius 2 is 1.42 bits per heavy atom. The van der Waals surface area contributed by atoms with E-state index >= 15 is 8.78 Å². The summed E-state index contributed by atoms with van der Waals surface area (Å²) in [4.78, 5) is 20.1. The van der Waals surface area contributed by atoms with Gasteiger partial charge in [-0.1, -0.05) is 153 Å². The van der Waals surface area contributed by atoms with E-state index in [2.05, 4.69) is 144 Å². The number of piperidine rings is 1. The summed E-state index contributed by atoms with van der Waals surface area (Å²) in [6.07, 6.45) is 7.48. The third kappa shape index (κ3) is 8.97. The van der Waals surface area contributed by atoms with Crippen molar-refractivity contribution >= 4 is 54.3 Å². The van der Waals surface area contributed by atoms with Gasteiger partial charge < -0.3 is 18.8 Å². The fourth-order valence-electron chi connectivity index (χ4n) is 14.4. The molecule has 2 aromatic heterocycles. The van der Waals surface area contributed by atoms with Gasteiger partial charge in [0.15, 0.2) is 5.82 Å². The summed E-state index contributed by atoms with van der Waals surface area (Å²) in [6, 6.07) is 30.9. The van der Waals surface area contributed by atoms with Crippen molar-refractivity contribution in [2.24, 2.45) is 11.8 Å². The predicted octanol–water partition coefficient (Wildman–Crippen LogP) is 12.9. The molecule has 3 aliphatic heterocycles. The van der Waals surface area contributed by atoms with Crippen molar-refractivity contribution in [3.05, 3.63) is 108 Å². The second-order valence-electron chi connectivity index (χ2n) is 23.7. The topological polar surface area (TPSA) is 72.8 Å². The van der Waals surface area contributed by atoms with Crippen molar-refractivity contribution in [1.29, 1.82) is 0 Å². The smallest absolute Gasteiger partial charge is 0.319 e. The molecule has 0 N–H and O–H groups in total. The molecule has 1 aliphatic carbocycles. The van der Waals surface area contributed by atoms with Crippen molar-refractivity contribution in [1.82, 2.24) is 19.9 Å². The first-order valence-electron chi connectivity index (χ1n) is 27.1. The summed E-state index contributed by atoms with van der Waals surface area (Å²) >= 11 is 0. The Kier molecular flexibility index (Phi) is 14.2. The van der Waals surface area contributed by atoms with Gasteiger partial charge in [-0.15, -0.1) is 5.54 Å². The standard InChI is InChI=1S/C61H75F2N5O3Si2/c1-40(2)72(41(3)4,42(5)6)34-30-49-51(62)28-27-45-19-17-24-50(52(45)49)55-54(63)56-53(58(64-55)69-10)57(67-36-43-25-26-44(35-43)37-67)66-59(65-56)70-39-61-31-18-33-68(61)46(29-32-61)38-71-73(60(7,8)9,47-20-13-11-14-21-47)48-22-15-12-16-23-48/h11-17,19-24,27-28,40-44,46H,18,25-26,29,31-33,35-39H2,1-10H3/t43?,44?,46-,61-/m1/s1. The zero-order valence-electron chi connectivity index (χ0n) is 44.8. The molecule has 4 atom stereocenters. The van der Waals surface area contributed by atoms with Crippen LogP contribution in [0.3, 0.4) is 0 Å². The lowest BCUT2D eigenvalue weighted by Gasteiger charge is -2.44. The zero-order chi connectivity index (χ0) is 51.5. The number of hydrogen-bond donors (Lipinski definition) is 0. The summed E-state index contributed by atoms with van der Waals surface area (Å²) in [6.45, 7) is 24.0. The van der Waals surface area contributed by atoms with E-state index in [4.69, 9.17) is 28.9 Å². The highest BCUT2D eigenvalue weighted by molar-refractivity contribution is 6.99. The van der Waals surface area contributed by atoms with Gasteiger partial charge in [0.2, 0.25) is 5.88 Å². The molecule has 1 saturated carbocycles. The van der Waals surface area contributed by atoms with Gasteiger partial charge in [-0.3, -0.25) is 4.90 Å². The van der Waals surface area contributed by atoms with Crippen LogP contribution in [0.2, 0.25) is 21.7 Å². The van der Waals surface area contributed by atoms with Crippen molar-refractivity contribution in [2.45, 2.75) is 141 Å². The van der Waals surface area contributed by atoms with Gasteiger partial charge in [0.1, 0.15) is 42.9 Å². The molecule has 6 aromatic rings. The third-order valence-corrected chi connectivity index (χ3v) is 29.0. The Hall–Kier alpha value is -5.20. The Morgan fingerprint density at radius 1 is 0.767 bits per heavy atom. The molecule has 10 rings (SSSR count). The SMILES string of the molecule is COc1nc(-c2cccc3ccc(F)c(C#C[Si](C(C)C)(C(C)C)C(C)C)c23)c(F)c2nc(OC[C@]34CCCN3[C@@H](CO[Si](c3ccccc3)(c3ccccc3)C(C)(C)C)CC4)nc(N3CC4CCC(C4)C3)c12. The van der Waals surface area contributed by atoms with Gasteiger partial charge >= 0.3 is 6.01 Å². The second kappa shape index (κ2) is 20.2. The summed E-state index contributed by atoms with van der Waals surface area (Å²) in [5.41, 5.74) is 5.34. The molecule has 0 radical (unpaired) electrons. The number of rotatable bonds is 14. The Balaban J connectivity index is 1.03. The van der Waals surface area contributed by atoms with E-state index in [9.17, 15) is 0 Å². The van der Waals surface area contributed by atoms with Gasteiger partial charge in [-0.25, -0.2) is 13.8 Å². The highest BCUT2D eigenvalue weighted by Gasteiger charge is 2.54. The Bertz CT molecular complexity index is 2970. The first kappa shape index (κ1) is 51.3. The molecule has 73 heavy (non-hydrogen) atoms. The van der Waals surface area contributed by atoms with Crippen LogP contribution in [0.25, 0.3) is 32.9 Å². The largest absolute Gasteiger partial charge is 0.480 e. The van der Waals surface area contributed by atoms with Gasteiger partial charge in [0, 0.05) is 30.1 Å². The lowest BCUT2D eigenvalue weighted by molar-refractivity contribution is 0.0670. The van der Waals surface area contributed by atoms with E-state index < -0.39 is 28.0 Å². The normalized spacial score (nSPS) is 21.4. The summed E-state index contributed by atoms with van der Waals surface area (Å²) in [5, 5.41) is 4.12. The highest BCUT2D eigenvalue weighted by atomic mass is 28.4. The van der Waals surface area contributed by atoms with Gasteiger partial charge in [-0.05, 0) is 107 Å². The van der Waals surface area contributed by atoms with Crippen LogP contribution in [0.15, 0.2) is 91.0 Å². The molecule has 2 unspecified atom stereocenters. The number of ether oxygens (including phenoxy) is 2. The van der Waals surface area contributed by atoms with Gasteiger partial charge in [-0.2, -0.15) is 9.97 Å². The highest BCUT2D eigenvalue weighted by Crippen LogP contribution is 2.47. The number of aromatic nitrogens is 3. The molecule has 3 saturated heterocycles. The van der Waals surface area contributed by atoms with E-state index in [0.717, 1.165) is 50.7 Å². The maximum absolute atomic E-state index is 18.1. The maximum Gasteiger partial charge on any atom is 0.319 e. The van der Waals surface area contributed by atoms with Crippen molar-refractivity contribution in [3.8, 4) is 34.6 Å². The number of pyridine rings is 1. The zero-order valence-corrected chi connectivity index (χ0v) is 46.8. The van der Waals surface area contributed by atoms with E-state index in [1.54, 1.807) is 13.2 Å². The van der Waals surface area contributed by atoms with E-state index in [-0.39, 0.29) is 45.3 Å². The van der Waals surface area contributed by atoms with Crippen LogP contribution in [0.5, 0.6) is 11.9 Å². The number of nitrogens with zero attached hydrogens (tertiary/aromatic N) is 5. The minimum atomic E-state index is -2.76. The van der Waals surface area contributed by atoms with Gasteiger partial charge in [0.25, 0.3) is 8.32 Å². The minimum absolute atomic E-state index is 0.0260. The van der Waals surface area contributed by atoms with Crippen LogP contribution in [-0.4, -0.2) is 87.8 Å². The number of hydrogen-bond acceptors (Lipinski definition) is 8. The average Bonchev–Trinajstić information content (AvgIpc) is 4.06. The van der Waals surface area contributed by atoms with Crippen LogP contribution in [0.4, 0.5) is 14.6 Å². The number of benzene rings is 4. The van der Waals surface area contributed by atoms with Crippen LogP contribution in [0, 0.1) is 34.9 Å².